The van der Waals surface area contributed by atoms with E-state index in [1.807, 2.05) is 6.92 Å². The first kappa shape index (κ1) is 9.90. The number of carbonyl (C=O) groups is 1. The number of hydrogen-bond acceptors (Lipinski definition) is 2. The molecule has 12 heavy (non-hydrogen) atoms. The van der Waals surface area contributed by atoms with Crippen molar-refractivity contribution in [1.29, 1.82) is 0 Å². The lowest BCUT2D eigenvalue weighted by atomic mass is 10.3. The van der Waals surface area contributed by atoms with Crippen molar-refractivity contribution in [3.8, 4) is 0 Å². The van der Waals surface area contributed by atoms with Crippen LogP contribution < -0.4 is 0 Å². The highest BCUT2D eigenvalue weighted by Crippen LogP contribution is 2.33. The van der Waals surface area contributed by atoms with Gasteiger partial charge in [0.2, 0.25) is 5.76 Å². The molecule has 0 aliphatic heterocycles. The minimum Gasteiger partial charge on any atom is -0.453 e. The Balaban J connectivity index is 3.25. The largest absolute Gasteiger partial charge is 0.453 e. The second-order valence-corrected chi connectivity index (χ2v) is 3.21. The maximum atomic E-state index is 10.7. The molecule has 0 atom stereocenters. The van der Waals surface area contributed by atoms with Crippen LogP contribution in [-0.2, 0) is 6.42 Å². The summed E-state index contributed by atoms with van der Waals surface area (Å²) in [7, 11) is 0. The summed E-state index contributed by atoms with van der Waals surface area (Å²) < 4.78 is 5.01. The number of furan rings is 1. The molecule has 0 bridgehead atoms. The normalized spacial score (nSPS) is 10.3. The van der Waals surface area contributed by atoms with Gasteiger partial charge >= 0.3 is 0 Å². The molecule has 0 saturated heterocycles. The molecule has 66 valence electrons. The van der Waals surface area contributed by atoms with Gasteiger partial charge in [0.05, 0.1) is 0 Å². The Labute approximate surface area is 84.4 Å². The van der Waals surface area contributed by atoms with Gasteiger partial charge in [-0.3, -0.25) is 4.79 Å². The fourth-order valence-electron chi connectivity index (χ4n) is 0.789. The molecule has 0 saturated carbocycles. The minimum atomic E-state index is -0.735. The summed E-state index contributed by atoms with van der Waals surface area (Å²) in [5.41, 5.74) is 0. The first-order chi connectivity index (χ1) is 5.57. The maximum absolute atomic E-state index is 10.7. The van der Waals surface area contributed by atoms with Crippen molar-refractivity contribution in [2.24, 2.45) is 0 Å². The monoisotopic (exact) mass is 226 g/mol. The van der Waals surface area contributed by atoms with Gasteiger partial charge in [-0.25, -0.2) is 0 Å². The molecule has 5 heteroatoms. The van der Waals surface area contributed by atoms with Crippen molar-refractivity contribution in [2.75, 3.05) is 0 Å². The van der Waals surface area contributed by atoms with Crippen LogP contribution in [0.2, 0.25) is 10.0 Å². The molecule has 1 aromatic rings. The molecule has 0 spiro atoms. The average molecular weight is 227 g/mol. The van der Waals surface area contributed by atoms with Crippen LogP contribution in [0.4, 0.5) is 0 Å². The van der Waals surface area contributed by atoms with Gasteiger partial charge in [-0.2, -0.15) is 0 Å². The molecule has 1 heterocycles. The van der Waals surface area contributed by atoms with Crippen molar-refractivity contribution < 1.29 is 9.21 Å². The van der Waals surface area contributed by atoms with Crippen LogP contribution in [0.15, 0.2) is 4.42 Å². The lowest BCUT2D eigenvalue weighted by Gasteiger charge is -1.86. The van der Waals surface area contributed by atoms with E-state index in [-0.39, 0.29) is 15.8 Å². The van der Waals surface area contributed by atoms with Crippen LogP contribution in [0.5, 0.6) is 0 Å². The molecular weight excluding hydrogens is 222 g/mol. The maximum Gasteiger partial charge on any atom is 0.289 e. The van der Waals surface area contributed by atoms with Crippen LogP contribution in [0.25, 0.3) is 0 Å². The zero-order valence-corrected chi connectivity index (χ0v) is 8.43. The summed E-state index contributed by atoms with van der Waals surface area (Å²) in [5, 5.41) is -0.377. The molecule has 0 unspecified atom stereocenters. The number of halogens is 3. The van der Waals surface area contributed by atoms with Crippen molar-refractivity contribution in [3.63, 3.8) is 0 Å². The molecule has 1 aromatic heterocycles. The molecule has 0 amide bonds. The smallest absolute Gasteiger partial charge is 0.289 e. The van der Waals surface area contributed by atoms with E-state index in [1.54, 1.807) is 0 Å². The Hall–Kier alpha value is -0.180. The lowest BCUT2D eigenvalue weighted by Crippen LogP contribution is -1.84. The molecule has 0 N–H and O–H groups in total. The van der Waals surface area contributed by atoms with Gasteiger partial charge < -0.3 is 4.42 Å². The van der Waals surface area contributed by atoms with Gasteiger partial charge in [0.25, 0.3) is 5.24 Å². The standard InChI is InChI=1S/C7H5Cl3O2/c1-2-3-4(8)5(9)6(12-3)7(10)11/h2H2,1H3. The van der Waals surface area contributed by atoms with E-state index < -0.39 is 5.24 Å². The molecule has 0 radical (unpaired) electrons. The van der Waals surface area contributed by atoms with Gasteiger partial charge in [0.15, 0.2) is 0 Å². The summed E-state index contributed by atoms with van der Waals surface area (Å²) in [6.45, 7) is 1.84. The van der Waals surface area contributed by atoms with E-state index in [4.69, 9.17) is 39.2 Å². The van der Waals surface area contributed by atoms with Gasteiger partial charge in [-0.05, 0) is 11.6 Å². The third-order valence-corrected chi connectivity index (χ3v) is 2.39. The van der Waals surface area contributed by atoms with Crippen LogP contribution >= 0.6 is 34.8 Å². The Bertz CT molecular complexity index is 317. The van der Waals surface area contributed by atoms with Crippen LogP contribution in [0.3, 0.4) is 0 Å². The number of rotatable bonds is 2. The van der Waals surface area contributed by atoms with E-state index in [1.165, 1.54) is 0 Å². The van der Waals surface area contributed by atoms with Gasteiger partial charge in [-0.1, -0.05) is 30.1 Å². The average Bonchev–Trinajstić information content (AvgIpc) is 2.30. The zero-order chi connectivity index (χ0) is 9.30. The van der Waals surface area contributed by atoms with Gasteiger partial charge in [0.1, 0.15) is 15.8 Å². The van der Waals surface area contributed by atoms with Crippen LogP contribution in [0, 0.1) is 0 Å². The molecule has 2 nitrogen and oxygen atoms in total. The summed E-state index contributed by atoms with van der Waals surface area (Å²) in [5.74, 6) is 0.394. The SMILES string of the molecule is CCc1oc(C(=O)Cl)c(Cl)c1Cl. The highest BCUT2D eigenvalue weighted by atomic mass is 35.5. The predicted molar refractivity (Wildman–Crippen MR) is 48.3 cm³/mol. The number of aryl methyl sites for hydroxylation is 1. The van der Waals surface area contributed by atoms with Crippen molar-refractivity contribution in [1.82, 2.24) is 0 Å². The second-order valence-electron chi connectivity index (χ2n) is 2.11. The summed E-state index contributed by atoms with van der Waals surface area (Å²) in [6.07, 6.45) is 0.572. The Morgan fingerprint density at radius 2 is 2.00 bits per heavy atom. The van der Waals surface area contributed by atoms with Gasteiger partial charge in [-0.15, -0.1) is 0 Å². The molecule has 0 aliphatic carbocycles. The number of carbonyl (C=O) groups excluding carboxylic acids is 1. The van der Waals surface area contributed by atoms with E-state index in [2.05, 4.69) is 0 Å². The summed E-state index contributed by atoms with van der Waals surface area (Å²) >= 11 is 16.6. The van der Waals surface area contributed by atoms with E-state index in [0.717, 1.165) is 0 Å². The quantitative estimate of drug-likeness (QED) is 0.724. The lowest BCUT2D eigenvalue weighted by molar-refractivity contribution is 0.105. The molecule has 0 aliphatic rings. The summed E-state index contributed by atoms with van der Waals surface area (Å²) in [6, 6.07) is 0. The van der Waals surface area contributed by atoms with E-state index in [9.17, 15) is 4.79 Å². The highest BCUT2D eigenvalue weighted by molar-refractivity contribution is 6.68. The predicted octanol–water partition coefficient (Wildman–Crippen LogP) is 3.53. The zero-order valence-electron chi connectivity index (χ0n) is 6.16. The van der Waals surface area contributed by atoms with E-state index >= 15 is 0 Å². The van der Waals surface area contributed by atoms with Crippen molar-refractivity contribution >= 4 is 40.0 Å². The fraction of sp³-hybridized carbons (Fsp3) is 0.286. The third kappa shape index (κ3) is 1.60. The van der Waals surface area contributed by atoms with Crippen LogP contribution in [-0.4, -0.2) is 5.24 Å². The number of hydrogen-bond donors (Lipinski definition) is 0. The minimum absolute atomic E-state index is 0.0832. The van der Waals surface area contributed by atoms with E-state index in [0.29, 0.717) is 12.2 Å². The molecule has 1 rings (SSSR count). The molecule has 0 aromatic carbocycles. The van der Waals surface area contributed by atoms with Crippen LogP contribution in [0.1, 0.15) is 23.2 Å². The van der Waals surface area contributed by atoms with Gasteiger partial charge in [0, 0.05) is 6.42 Å². The fourth-order valence-corrected chi connectivity index (χ4v) is 1.46. The topological polar surface area (TPSA) is 30.2 Å². The Morgan fingerprint density at radius 1 is 1.42 bits per heavy atom. The Morgan fingerprint density at radius 3 is 2.25 bits per heavy atom. The van der Waals surface area contributed by atoms with Crippen molar-refractivity contribution in [3.05, 3.63) is 21.6 Å². The highest BCUT2D eigenvalue weighted by Gasteiger charge is 2.20. The summed E-state index contributed by atoms with van der Waals surface area (Å²) in [4.78, 5) is 10.7. The molecular formula is C7H5Cl3O2. The second kappa shape index (κ2) is 3.69. The third-order valence-electron chi connectivity index (χ3n) is 1.36. The first-order valence-corrected chi connectivity index (χ1v) is 4.37. The first-order valence-electron chi connectivity index (χ1n) is 3.24. The van der Waals surface area contributed by atoms with Crippen molar-refractivity contribution in [2.45, 2.75) is 13.3 Å². The molecule has 0 fully saturated rings. The Kier molecular flexibility index (Phi) is 3.04.